The van der Waals surface area contributed by atoms with Crippen molar-refractivity contribution in [3.8, 4) is 0 Å². The number of carboxylic acids is 1. The first kappa shape index (κ1) is 13.2. The Morgan fingerprint density at radius 1 is 1.53 bits per heavy atom. The third-order valence-electron chi connectivity index (χ3n) is 2.29. The molecular formula is C10H15N3O4. The van der Waals surface area contributed by atoms with Crippen LogP contribution in [0.4, 0.5) is 0 Å². The van der Waals surface area contributed by atoms with E-state index < -0.39 is 17.9 Å². The molecule has 0 spiro atoms. The summed E-state index contributed by atoms with van der Waals surface area (Å²) in [5.41, 5.74) is 1.50. The zero-order valence-corrected chi connectivity index (χ0v) is 9.90. The summed E-state index contributed by atoms with van der Waals surface area (Å²) in [5, 5.41) is 17.8. The normalized spacial score (nSPS) is 12.2. The van der Waals surface area contributed by atoms with Gasteiger partial charge in [0.25, 0.3) is 5.91 Å². The van der Waals surface area contributed by atoms with Crippen molar-refractivity contribution in [2.45, 2.75) is 19.9 Å². The molecule has 1 atom stereocenters. The van der Waals surface area contributed by atoms with Crippen molar-refractivity contribution in [3.63, 3.8) is 0 Å². The van der Waals surface area contributed by atoms with Gasteiger partial charge in [-0.3, -0.25) is 9.89 Å². The molecule has 0 radical (unpaired) electrons. The van der Waals surface area contributed by atoms with Crippen molar-refractivity contribution < 1.29 is 19.4 Å². The van der Waals surface area contributed by atoms with Crippen LogP contribution in [0, 0.1) is 13.8 Å². The number of aromatic nitrogens is 2. The van der Waals surface area contributed by atoms with Crippen LogP contribution >= 0.6 is 0 Å². The third-order valence-corrected chi connectivity index (χ3v) is 2.29. The fourth-order valence-corrected chi connectivity index (χ4v) is 1.46. The smallest absolute Gasteiger partial charge is 0.328 e. The van der Waals surface area contributed by atoms with Gasteiger partial charge in [0.05, 0.1) is 17.9 Å². The molecule has 0 aliphatic rings. The molecule has 7 heteroatoms. The highest BCUT2D eigenvalue weighted by Gasteiger charge is 2.23. The van der Waals surface area contributed by atoms with Crippen molar-refractivity contribution in [2.24, 2.45) is 0 Å². The quantitative estimate of drug-likeness (QED) is 0.665. The first-order chi connectivity index (χ1) is 7.97. The maximum atomic E-state index is 11.8. The summed E-state index contributed by atoms with van der Waals surface area (Å²) in [6.07, 6.45) is 0. The predicted molar refractivity (Wildman–Crippen MR) is 58.8 cm³/mol. The standard InChI is InChI=1S/C10H15N3O4/c1-5-8(6(2)13-12-5)9(14)11-7(4-17-3)10(15)16/h7H,4H2,1-3H3,(H,11,14)(H,12,13)(H,15,16). The van der Waals surface area contributed by atoms with Gasteiger partial charge in [-0.05, 0) is 13.8 Å². The van der Waals surface area contributed by atoms with E-state index in [1.54, 1.807) is 13.8 Å². The number of nitrogens with zero attached hydrogens (tertiary/aromatic N) is 1. The van der Waals surface area contributed by atoms with Crippen LogP contribution in [-0.4, -0.2) is 46.9 Å². The van der Waals surface area contributed by atoms with E-state index in [0.717, 1.165) is 0 Å². The van der Waals surface area contributed by atoms with E-state index >= 15 is 0 Å². The van der Waals surface area contributed by atoms with E-state index in [1.807, 2.05) is 0 Å². The molecule has 0 aliphatic heterocycles. The van der Waals surface area contributed by atoms with Gasteiger partial charge in [-0.25, -0.2) is 4.79 Å². The molecular weight excluding hydrogens is 226 g/mol. The molecule has 0 saturated carbocycles. The van der Waals surface area contributed by atoms with Gasteiger partial charge in [0.2, 0.25) is 0 Å². The summed E-state index contributed by atoms with van der Waals surface area (Å²) < 4.78 is 4.73. The van der Waals surface area contributed by atoms with Crippen LogP contribution in [0.3, 0.4) is 0 Å². The fourth-order valence-electron chi connectivity index (χ4n) is 1.46. The molecule has 0 aliphatic carbocycles. The molecule has 1 aromatic heterocycles. The highest BCUT2D eigenvalue weighted by Crippen LogP contribution is 2.09. The van der Waals surface area contributed by atoms with Gasteiger partial charge in [0, 0.05) is 12.8 Å². The summed E-state index contributed by atoms with van der Waals surface area (Å²) in [4.78, 5) is 22.7. The number of carbonyl (C=O) groups is 2. The van der Waals surface area contributed by atoms with Crippen LogP contribution in [0.5, 0.6) is 0 Å². The zero-order chi connectivity index (χ0) is 13.0. The number of ether oxygens (including phenoxy) is 1. The molecule has 0 saturated heterocycles. The molecule has 1 unspecified atom stereocenters. The van der Waals surface area contributed by atoms with Crippen LogP contribution in [0.15, 0.2) is 0 Å². The van der Waals surface area contributed by atoms with Crippen LogP contribution in [0.2, 0.25) is 0 Å². The van der Waals surface area contributed by atoms with Crippen molar-refractivity contribution >= 4 is 11.9 Å². The van der Waals surface area contributed by atoms with Gasteiger partial charge in [-0.1, -0.05) is 0 Å². The number of hydrogen-bond acceptors (Lipinski definition) is 4. The molecule has 17 heavy (non-hydrogen) atoms. The van der Waals surface area contributed by atoms with Crippen molar-refractivity contribution in [1.29, 1.82) is 0 Å². The SMILES string of the molecule is COCC(NC(=O)c1c(C)n[nH]c1C)C(=O)O. The minimum Gasteiger partial charge on any atom is -0.480 e. The second-order valence-electron chi connectivity index (χ2n) is 3.63. The predicted octanol–water partition coefficient (Wildman–Crippen LogP) is -0.144. The molecule has 1 amide bonds. The second-order valence-corrected chi connectivity index (χ2v) is 3.63. The fraction of sp³-hybridized carbons (Fsp3) is 0.500. The zero-order valence-electron chi connectivity index (χ0n) is 9.90. The van der Waals surface area contributed by atoms with E-state index in [9.17, 15) is 9.59 Å². The molecule has 0 fully saturated rings. The Bertz CT molecular complexity index is 408. The van der Waals surface area contributed by atoms with Gasteiger partial charge in [-0.15, -0.1) is 0 Å². The number of carbonyl (C=O) groups excluding carboxylic acids is 1. The topological polar surface area (TPSA) is 104 Å². The molecule has 0 bridgehead atoms. The Labute approximate surface area is 98.2 Å². The number of aromatic amines is 1. The molecule has 1 rings (SSSR count). The van der Waals surface area contributed by atoms with Gasteiger partial charge in [-0.2, -0.15) is 5.10 Å². The minimum absolute atomic E-state index is 0.0863. The van der Waals surface area contributed by atoms with Crippen LogP contribution in [-0.2, 0) is 9.53 Å². The van der Waals surface area contributed by atoms with E-state index in [0.29, 0.717) is 17.0 Å². The van der Waals surface area contributed by atoms with Crippen molar-refractivity contribution in [1.82, 2.24) is 15.5 Å². The number of rotatable bonds is 5. The van der Waals surface area contributed by atoms with Crippen LogP contribution < -0.4 is 5.32 Å². The number of hydrogen-bond donors (Lipinski definition) is 3. The van der Waals surface area contributed by atoms with Gasteiger partial charge in [0.1, 0.15) is 0 Å². The monoisotopic (exact) mass is 241 g/mol. The molecule has 1 heterocycles. The van der Waals surface area contributed by atoms with E-state index in [2.05, 4.69) is 15.5 Å². The minimum atomic E-state index is -1.14. The van der Waals surface area contributed by atoms with E-state index in [-0.39, 0.29) is 6.61 Å². The summed E-state index contributed by atoms with van der Waals surface area (Å²) in [6, 6.07) is -1.07. The number of methoxy groups -OCH3 is 1. The number of aliphatic carboxylic acids is 1. The highest BCUT2D eigenvalue weighted by molar-refractivity contribution is 5.98. The lowest BCUT2D eigenvalue weighted by atomic mass is 10.1. The van der Waals surface area contributed by atoms with Gasteiger partial charge in [0.15, 0.2) is 6.04 Å². The number of aryl methyl sites for hydroxylation is 2. The first-order valence-electron chi connectivity index (χ1n) is 5.01. The molecule has 7 nitrogen and oxygen atoms in total. The number of amides is 1. The average Bonchev–Trinajstić information content (AvgIpc) is 2.57. The Morgan fingerprint density at radius 3 is 2.59 bits per heavy atom. The highest BCUT2D eigenvalue weighted by atomic mass is 16.5. The Kier molecular flexibility index (Phi) is 4.22. The molecule has 94 valence electrons. The lowest BCUT2D eigenvalue weighted by molar-refractivity contribution is -0.140. The summed E-state index contributed by atoms with van der Waals surface area (Å²) in [7, 11) is 1.37. The summed E-state index contributed by atoms with van der Waals surface area (Å²) >= 11 is 0. The Morgan fingerprint density at radius 2 is 2.18 bits per heavy atom. The van der Waals surface area contributed by atoms with Crippen LogP contribution in [0.25, 0.3) is 0 Å². The van der Waals surface area contributed by atoms with Gasteiger partial charge < -0.3 is 15.2 Å². The van der Waals surface area contributed by atoms with Gasteiger partial charge >= 0.3 is 5.97 Å². The lowest BCUT2D eigenvalue weighted by Crippen LogP contribution is -2.44. The summed E-state index contributed by atoms with van der Waals surface area (Å²) in [6.45, 7) is 3.28. The largest absolute Gasteiger partial charge is 0.480 e. The third kappa shape index (κ3) is 3.04. The van der Waals surface area contributed by atoms with E-state index in [1.165, 1.54) is 7.11 Å². The average molecular weight is 241 g/mol. The number of H-pyrrole nitrogens is 1. The number of nitrogens with one attached hydrogen (secondary N) is 2. The Balaban J connectivity index is 2.81. The van der Waals surface area contributed by atoms with Crippen molar-refractivity contribution in [3.05, 3.63) is 17.0 Å². The Hall–Kier alpha value is -1.89. The summed E-state index contributed by atoms with van der Waals surface area (Å²) in [5.74, 6) is -1.61. The van der Waals surface area contributed by atoms with Crippen LogP contribution in [0.1, 0.15) is 21.7 Å². The maximum Gasteiger partial charge on any atom is 0.328 e. The molecule has 1 aromatic rings. The maximum absolute atomic E-state index is 11.8. The van der Waals surface area contributed by atoms with E-state index in [4.69, 9.17) is 9.84 Å². The first-order valence-corrected chi connectivity index (χ1v) is 5.01. The second kappa shape index (κ2) is 5.44. The lowest BCUT2D eigenvalue weighted by Gasteiger charge is -2.13. The number of carboxylic acid groups (broad SMARTS) is 1. The molecule has 0 aromatic carbocycles. The van der Waals surface area contributed by atoms with Crippen molar-refractivity contribution in [2.75, 3.05) is 13.7 Å². The molecule has 3 N–H and O–H groups in total.